The van der Waals surface area contributed by atoms with Gasteiger partial charge in [-0.15, -0.1) is 10.2 Å². The van der Waals surface area contributed by atoms with Gasteiger partial charge < -0.3 is 14.8 Å². The summed E-state index contributed by atoms with van der Waals surface area (Å²) < 4.78 is 10.6. The van der Waals surface area contributed by atoms with Crippen molar-refractivity contribution in [2.45, 2.75) is 19.4 Å². The molecule has 2 rings (SSSR count). The smallest absolute Gasteiger partial charge is 0.176 e. The molecule has 0 fully saturated rings. The third-order valence-electron chi connectivity index (χ3n) is 3.20. The highest BCUT2D eigenvalue weighted by atomic mass is 16.5. The van der Waals surface area contributed by atoms with Crippen molar-refractivity contribution in [2.75, 3.05) is 20.8 Å². The first-order chi connectivity index (χ1) is 10.2. The zero-order valence-electron chi connectivity index (χ0n) is 12.8. The molecule has 0 amide bonds. The van der Waals surface area contributed by atoms with E-state index in [9.17, 15) is 0 Å². The van der Waals surface area contributed by atoms with Crippen LogP contribution in [0.1, 0.15) is 24.4 Å². The predicted octanol–water partition coefficient (Wildman–Crippen LogP) is 1.12. The third kappa shape index (κ3) is 3.69. The van der Waals surface area contributed by atoms with Gasteiger partial charge in [0.2, 0.25) is 0 Å². The Morgan fingerprint density at radius 3 is 2.57 bits per heavy atom. The molecule has 7 heteroatoms. The van der Waals surface area contributed by atoms with E-state index in [4.69, 9.17) is 9.47 Å². The van der Waals surface area contributed by atoms with Gasteiger partial charge in [-0.05, 0) is 29.5 Å². The summed E-state index contributed by atoms with van der Waals surface area (Å²) in [7, 11) is 5.02. The molecule has 0 aliphatic heterocycles. The Morgan fingerprint density at radius 1 is 1.24 bits per heavy atom. The number of aryl methyl sites for hydroxylation is 1. The van der Waals surface area contributed by atoms with Crippen LogP contribution in [0, 0.1) is 0 Å². The highest BCUT2D eigenvalue weighted by Crippen LogP contribution is 2.30. The number of nitrogens with zero attached hydrogens (tertiary/aromatic N) is 4. The molecule has 7 nitrogen and oxygen atoms in total. The van der Waals surface area contributed by atoms with Crippen LogP contribution in [0.5, 0.6) is 11.5 Å². The van der Waals surface area contributed by atoms with Crippen LogP contribution in [-0.4, -0.2) is 41.0 Å². The minimum absolute atomic E-state index is 0.0963. The molecule has 1 N–H and O–H groups in total. The minimum atomic E-state index is 0.0963. The first-order valence-electron chi connectivity index (χ1n) is 6.86. The highest BCUT2D eigenvalue weighted by molar-refractivity contribution is 5.43. The second-order valence-electron chi connectivity index (χ2n) is 4.62. The van der Waals surface area contributed by atoms with Gasteiger partial charge in [-0.1, -0.05) is 13.0 Å². The van der Waals surface area contributed by atoms with Gasteiger partial charge in [0.1, 0.15) is 0 Å². The number of ether oxygens (including phenoxy) is 2. The summed E-state index contributed by atoms with van der Waals surface area (Å²) in [5.41, 5.74) is 1.10. The summed E-state index contributed by atoms with van der Waals surface area (Å²) in [5, 5.41) is 15.6. The molecule has 1 unspecified atom stereocenters. The monoisotopic (exact) mass is 291 g/mol. The molecular formula is C14H21N5O2. The van der Waals surface area contributed by atoms with Crippen LogP contribution in [0.25, 0.3) is 0 Å². The number of benzene rings is 1. The summed E-state index contributed by atoms with van der Waals surface area (Å²) in [6.45, 7) is 2.91. The number of methoxy groups -OCH3 is 2. The Kier molecular flexibility index (Phi) is 5.10. The van der Waals surface area contributed by atoms with Crippen LogP contribution in [0.4, 0.5) is 0 Å². The second kappa shape index (κ2) is 7.03. The van der Waals surface area contributed by atoms with Gasteiger partial charge in [0.05, 0.1) is 21.3 Å². The molecule has 0 bridgehead atoms. The summed E-state index contributed by atoms with van der Waals surface area (Å²) in [6, 6.07) is 6.00. The molecule has 2 aromatic rings. The molecule has 0 radical (unpaired) electrons. The van der Waals surface area contributed by atoms with Gasteiger partial charge in [0.15, 0.2) is 17.3 Å². The van der Waals surface area contributed by atoms with E-state index in [1.165, 1.54) is 4.80 Å². The lowest BCUT2D eigenvalue weighted by atomic mass is 10.0. The maximum absolute atomic E-state index is 5.36. The topological polar surface area (TPSA) is 74.1 Å². The van der Waals surface area contributed by atoms with Gasteiger partial charge in [-0.25, -0.2) is 0 Å². The lowest BCUT2D eigenvalue weighted by molar-refractivity contribution is 0.353. The van der Waals surface area contributed by atoms with Crippen molar-refractivity contribution in [3.8, 4) is 11.5 Å². The fraction of sp³-hybridized carbons (Fsp3) is 0.500. The van der Waals surface area contributed by atoms with Crippen molar-refractivity contribution in [3.63, 3.8) is 0 Å². The van der Waals surface area contributed by atoms with E-state index in [-0.39, 0.29) is 6.04 Å². The number of aromatic nitrogens is 4. The van der Waals surface area contributed by atoms with Crippen LogP contribution in [-0.2, 0) is 13.5 Å². The van der Waals surface area contributed by atoms with Crippen LogP contribution in [0.15, 0.2) is 18.2 Å². The standard InChI is InChI=1S/C14H21N5O2/c1-5-15-11(9-14-16-18-19(2)17-14)10-6-7-12(20-3)13(8-10)21-4/h6-8,11,15H,5,9H2,1-4H3. The molecule has 0 aliphatic carbocycles. The van der Waals surface area contributed by atoms with Crippen molar-refractivity contribution in [1.82, 2.24) is 25.5 Å². The van der Waals surface area contributed by atoms with Gasteiger partial charge >= 0.3 is 0 Å². The number of hydrogen-bond donors (Lipinski definition) is 1. The number of tetrazole rings is 1. The first kappa shape index (κ1) is 15.2. The van der Waals surface area contributed by atoms with Crippen LogP contribution < -0.4 is 14.8 Å². The van der Waals surface area contributed by atoms with Gasteiger partial charge in [0.25, 0.3) is 0 Å². The van der Waals surface area contributed by atoms with E-state index in [1.807, 2.05) is 18.2 Å². The molecule has 21 heavy (non-hydrogen) atoms. The fourth-order valence-electron chi connectivity index (χ4n) is 2.21. The quantitative estimate of drug-likeness (QED) is 0.824. The molecule has 1 aromatic carbocycles. The van der Waals surface area contributed by atoms with E-state index < -0.39 is 0 Å². The normalized spacial score (nSPS) is 12.2. The molecule has 1 atom stereocenters. The number of nitrogens with one attached hydrogen (secondary N) is 1. The molecule has 0 aliphatic rings. The highest BCUT2D eigenvalue weighted by Gasteiger charge is 2.16. The minimum Gasteiger partial charge on any atom is -0.493 e. The lowest BCUT2D eigenvalue weighted by Gasteiger charge is -2.18. The second-order valence-corrected chi connectivity index (χ2v) is 4.62. The summed E-state index contributed by atoms with van der Waals surface area (Å²) in [6.07, 6.45) is 0.664. The molecule has 0 spiro atoms. The fourth-order valence-corrected chi connectivity index (χ4v) is 2.21. The van der Waals surface area contributed by atoms with E-state index in [0.29, 0.717) is 23.7 Å². The Bertz CT molecular complexity index is 584. The van der Waals surface area contributed by atoms with E-state index in [2.05, 4.69) is 27.7 Å². The first-order valence-corrected chi connectivity index (χ1v) is 6.86. The largest absolute Gasteiger partial charge is 0.493 e. The average molecular weight is 291 g/mol. The molecule has 0 saturated carbocycles. The number of rotatable bonds is 7. The molecular weight excluding hydrogens is 270 g/mol. The Morgan fingerprint density at radius 2 is 2.00 bits per heavy atom. The summed E-state index contributed by atoms with van der Waals surface area (Å²) >= 11 is 0. The maximum Gasteiger partial charge on any atom is 0.176 e. The zero-order valence-corrected chi connectivity index (χ0v) is 12.8. The van der Waals surface area contributed by atoms with Crippen molar-refractivity contribution >= 4 is 0 Å². The molecule has 0 saturated heterocycles. The number of hydrogen-bond acceptors (Lipinski definition) is 6. The van der Waals surface area contributed by atoms with Crippen LogP contribution in [0.3, 0.4) is 0 Å². The molecule has 1 heterocycles. The molecule has 114 valence electrons. The Balaban J connectivity index is 2.24. The van der Waals surface area contributed by atoms with Gasteiger partial charge in [-0.3, -0.25) is 0 Å². The van der Waals surface area contributed by atoms with Gasteiger partial charge in [0, 0.05) is 12.5 Å². The Labute approximate surface area is 124 Å². The lowest BCUT2D eigenvalue weighted by Crippen LogP contribution is -2.23. The van der Waals surface area contributed by atoms with Crippen LogP contribution in [0.2, 0.25) is 0 Å². The van der Waals surface area contributed by atoms with Crippen LogP contribution >= 0.6 is 0 Å². The average Bonchev–Trinajstić information content (AvgIpc) is 2.91. The zero-order chi connectivity index (χ0) is 15.2. The maximum atomic E-state index is 5.36. The van der Waals surface area contributed by atoms with Crippen molar-refractivity contribution in [2.24, 2.45) is 7.05 Å². The van der Waals surface area contributed by atoms with Gasteiger partial charge in [-0.2, -0.15) is 4.80 Å². The summed E-state index contributed by atoms with van der Waals surface area (Å²) in [5.74, 6) is 2.14. The van der Waals surface area contributed by atoms with Crippen molar-refractivity contribution < 1.29 is 9.47 Å². The molecule has 1 aromatic heterocycles. The summed E-state index contributed by atoms with van der Waals surface area (Å²) in [4.78, 5) is 1.47. The van der Waals surface area contributed by atoms with Crippen molar-refractivity contribution in [3.05, 3.63) is 29.6 Å². The number of likely N-dealkylation sites (N-methyl/N-ethyl adjacent to an activating group) is 1. The van der Waals surface area contributed by atoms with Crippen molar-refractivity contribution in [1.29, 1.82) is 0 Å². The predicted molar refractivity (Wildman–Crippen MR) is 78.5 cm³/mol. The van der Waals surface area contributed by atoms with E-state index in [0.717, 1.165) is 12.1 Å². The Hall–Kier alpha value is -2.15. The van der Waals surface area contributed by atoms with E-state index >= 15 is 0 Å². The van der Waals surface area contributed by atoms with E-state index in [1.54, 1.807) is 21.3 Å². The SMILES string of the molecule is CCNC(Cc1nnn(C)n1)c1ccc(OC)c(OC)c1. The third-order valence-corrected chi connectivity index (χ3v) is 3.20.